The first-order chi connectivity index (χ1) is 9.62. The average Bonchev–Trinajstić information content (AvgIpc) is 2.57. The molecule has 0 unspecified atom stereocenters. The lowest BCUT2D eigenvalue weighted by Crippen LogP contribution is -2.29. The molecule has 1 atom stereocenters. The number of carbonyl (C=O) groups excluding carboxylic acids is 1. The van der Waals surface area contributed by atoms with Gasteiger partial charge in [0, 0.05) is 13.1 Å². The fourth-order valence-electron chi connectivity index (χ4n) is 2.36. The van der Waals surface area contributed by atoms with Gasteiger partial charge in [-0.05, 0) is 37.1 Å². The summed E-state index contributed by atoms with van der Waals surface area (Å²) in [4.78, 5) is 13.8. The third-order valence-electron chi connectivity index (χ3n) is 3.53. The van der Waals surface area contributed by atoms with Gasteiger partial charge >= 0.3 is 5.97 Å². The first-order valence-electron chi connectivity index (χ1n) is 6.82. The standard InChI is InChI=1S/C16H21NO3/c1-4-14-10-17(11-16(18)20-12(14)2)9-13-5-7-15(19-3)8-6-13/h4-8,12H,9-11H2,1-3H3/b14-4-/t12-/m0/s1. The summed E-state index contributed by atoms with van der Waals surface area (Å²) in [6.07, 6.45) is 1.90. The van der Waals surface area contributed by atoms with Gasteiger partial charge in [-0.2, -0.15) is 0 Å². The lowest BCUT2D eigenvalue weighted by molar-refractivity contribution is -0.146. The van der Waals surface area contributed by atoms with Crippen LogP contribution in [0.2, 0.25) is 0 Å². The molecular formula is C16H21NO3. The van der Waals surface area contributed by atoms with Crippen molar-refractivity contribution in [2.45, 2.75) is 26.5 Å². The smallest absolute Gasteiger partial charge is 0.320 e. The third-order valence-corrected chi connectivity index (χ3v) is 3.53. The van der Waals surface area contributed by atoms with Crippen LogP contribution in [0.4, 0.5) is 0 Å². The molecule has 0 spiro atoms. The number of hydrogen-bond acceptors (Lipinski definition) is 4. The number of methoxy groups -OCH3 is 1. The number of rotatable bonds is 3. The summed E-state index contributed by atoms with van der Waals surface area (Å²) in [6.45, 7) is 5.72. The molecule has 1 heterocycles. The van der Waals surface area contributed by atoms with Crippen molar-refractivity contribution in [3.8, 4) is 5.75 Å². The fourth-order valence-corrected chi connectivity index (χ4v) is 2.36. The van der Waals surface area contributed by atoms with E-state index in [4.69, 9.17) is 9.47 Å². The van der Waals surface area contributed by atoms with Crippen molar-refractivity contribution in [3.63, 3.8) is 0 Å². The van der Waals surface area contributed by atoms with Crippen LogP contribution in [0.15, 0.2) is 35.9 Å². The normalized spacial score (nSPS) is 22.4. The van der Waals surface area contributed by atoms with Gasteiger partial charge in [0.05, 0.1) is 13.7 Å². The van der Waals surface area contributed by atoms with Gasteiger partial charge in [0.1, 0.15) is 11.9 Å². The molecule has 4 heteroatoms. The minimum Gasteiger partial charge on any atom is -0.497 e. The summed E-state index contributed by atoms with van der Waals surface area (Å²) in [5, 5.41) is 0. The summed E-state index contributed by atoms with van der Waals surface area (Å²) >= 11 is 0. The largest absolute Gasteiger partial charge is 0.497 e. The third kappa shape index (κ3) is 3.61. The molecule has 0 aromatic heterocycles. The predicted octanol–water partition coefficient (Wildman–Crippen LogP) is 2.39. The Bertz CT molecular complexity index is 493. The minimum atomic E-state index is -0.164. The lowest BCUT2D eigenvalue weighted by atomic mass is 10.1. The van der Waals surface area contributed by atoms with Gasteiger partial charge in [-0.3, -0.25) is 9.69 Å². The predicted molar refractivity (Wildman–Crippen MR) is 77.6 cm³/mol. The van der Waals surface area contributed by atoms with Gasteiger partial charge in [0.15, 0.2) is 0 Å². The zero-order valence-electron chi connectivity index (χ0n) is 12.3. The zero-order chi connectivity index (χ0) is 14.5. The van der Waals surface area contributed by atoms with Gasteiger partial charge < -0.3 is 9.47 Å². The van der Waals surface area contributed by atoms with Crippen LogP contribution in [0, 0.1) is 0 Å². The Morgan fingerprint density at radius 3 is 2.65 bits per heavy atom. The van der Waals surface area contributed by atoms with E-state index in [1.807, 2.05) is 44.2 Å². The highest BCUT2D eigenvalue weighted by Gasteiger charge is 2.23. The van der Waals surface area contributed by atoms with E-state index in [2.05, 4.69) is 4.90 Å². The van der Waals surface area contributed by atoms with E-state index in [-0.39, 0.29) is 12.1 Å². The van der Waals surface area contributed by atoms with Crippen LogP contribution in [0.25, 0.3) is 0 Å². The highest BCUT2D eigenvalue weighted by atomic mass is 16.5. The molecule has 0 aliphatic carbocycles. The van der Waals surface area contributed by atoms with Crippen LogP contribution in [0.3, 0.4) is 0 Å². The summed E-state index contributed by atoms with van der Waals surface area (Å²) < 4.78 is 10.5. The van der Waals surface area contributed by atoms with Gasteiger partial charge in [0.25, 0.3) is 0 Å². The molecule has 0 saturated carbocycles. The molecular weight excluding hydrogens is 254 g/mol. The van der Waals surface area contributed by atoms with E-state index >= 15 is 0 Å². The Morgan fingerprint density at radius 2 is 2.05 bits per heavy atom. The van der Waals surface area contributed by atoms with E-state index in [0.717, 1.165) is 30.0 Å². The molecule has 20 heavy (non-hydrogen) atoms. The maximum absolute atomic E-state index is 11.7. The Morgan fingerprint density at radius 1 is 1.35 bits per heavy atom. The Balaban J connectivity index is 2.08. The van der Waals surface area contributed by atoms with Crippen molar-refractivity contribution in [2.75, 3.05) is 20.2 Å². The van der Waals surface area contributed by atoms with Crippen LogP contribution in [0.5, 0.6) is 5.75 Å². The molecule has 108 valence electrons. The molecule has 1 saturated heterocycles. The second-order valence-corrected chi connectivity index (χ2v) is 4.99. The van der Waals surface area contributed by atoms with E-state index in [1.54, 1.807) is 7.11 Å². The first kappa shape index (κ1) is 14.6. The van der Waals surface area contributed by atoms with E-state index in [1.165, 1.54) is 0 Å². The molecule has 1 fully saturated rings. The van der Waals surface area contributed by atoms with Crippen molar-refractivity contribution in [2.24, 2.45) is 0 Å². The van der Waals surface area contributed by atoms with Crippen molar-refractivity contribution >= 4 is 5.97 Å². The van der Waals surface area contributed by atoms with Crippen molar-refractivity contribution in [1.82, 2.24) is 4.90 Å². The number of nitrogens with zero attached hydrogens (tertiary/aromatic N) is 1. The maximum atomic E-state index is 11.7. The molecule has 1 aromatic carbocycles. The van der Waals surface area contributed by atoms with E-state index < -0.39 is 0 Å². The van der Waals surface area contributed by atoms with Crippen LogP contribution >= 0.6 is 0 Å². The number of esters is 1. The zero-order valence-corrected chi connectivity index (χ0v) is 12.3. The number of benzene rings is 1. The number of hydrogen-bond donors (Lipinski definition) is 0. The quantitative estimate of drug-likeness (QED) is 0.627. The van der Waals surface area contributed by atoms with Gasteiger partial charge in [0.2, 0.25) is 0 Å². The van der Waals surface area contributed by atoms with Crippen LogP contribution in [-0.2, 0) is 16.1 Å². The summed E-state index contributed by atoms with van der Waals surface area (Å²) in [6, 6.07) is 7.91. The topological polar surface area (TPSA) is 38.8 Å². The van der Waals surface area contributed by atoms with Crippen molar-refractivity contribution in [3.05, 3.63) is 41.5 Å². The molecule has 4 nitrogen and oxygen atoms in total. The highest BCUT2D eigenvalue weighted by molar-refractivity contribution is 5.72. The molecule has 0 radical (unpaired) electrons. The SMILES string of the molecule is C/C=C1/CN(Cc2ccc(OC)cc2)CC(=O)O[C@H]1C. The lowest BCUT2D eigenvalue weighted by Gasteiger charge is -2.19. The van der Waals surface area contributed by atoms with E-state index in [9.17, 15) is 4.79 Å². The Labute approximate surface area is 120 Å². The van der Waals surface area contributed by atoms with Crippen LogP contribution < -0.4 is 4.74 Å². The summed E-state index contributed by atoms with van der Waals surface area (Å²) in [7, 11) is 1.65. The first-order valence-corrected chi connectivity index (χ1v) is 6.82. The molecule has 2 rings (SSSR count). The van der Waals surface area contributed by atoms with E-state index in [0.29, 0.717) is 6.54 Å². The maximum Gasteiger partial charge on any atom is 0.320 e. The van der Waals surface area contributed by atoms with Gasteiger partial charge in [-0.15, -0.1) is 0 Å². The van der Waals surface area contributed by atoms with Gasteiger partial charge in [-0.25, -0.2) is 0 Å². The molecule has 0 N–H and O–H groups in total. The second-order valence-electron chi connectivity index (χ2n) is 4.99. The molecule has 1 aliphatic rings. The average molecular weight is 275 g/mol. The van der Waals surface area contributed by atoms with Crippen molar-refractivity contribution < 1.29 is 14.3 Å². The number of allylic oxidation sites excluding steroid dienone is 1. The second kappa shape index (κ2) is 6.57. The monoisotopic (exact) mass is 275 g/mol. The fraction of sp³-hybridized carbons (Fsp3) is 0.438. The summed E-state index contributed by atoms with van der Waals surface area (Å²) in [5.41, 5.74) is 2.30. The number of carbonyl (C=O) groups is 1. The number of cyclic esters (lactones) is 1. The molecule has 0 amide bonds. The Hall–Kier alpha value is -1.81. The summed E-state index contributed by atoms with van der Waals surface area (Å²) in [5.74, 6) is 0.676. The van der Waals surface area contributed by atoms with Crippen LogP contribution in [0.1, 0.15) is 19.4 Å². The molecule has 0 bridgehead atoms. The highest BCUT2D eigenvalue weighted by Crippen LogP contribution is 2.18. The van der Waals surface area contributed by atoms with Gasteiger partial charge in [-0.1, -0.05) is 18.2 Å². The minimum absolute atomic E-state index is 0.131. The molecule has 1 aromatic rings. The number of ether oxygens (including phenoxy) is 2. The van der Waals surface area contributed by atoms with Crippen LogP contribution in [-0.4, -0.2) is 37.2 Å². The molecule has 1 aliphatic heterocycles. The Kier molecular flexibility index (Phi) is 4.79. The van der Waals surface area contributed by atoms with Crippen molar-refractivity contribution in [1.29, 1.82) is 0 Å².